The normalized spacial score (nSPS) is 15.3. The average Bonchev–Trinajstić information content (AvgIpc) is 3.13. The molecule has 0 spiro atoms. The number of nitrogens with one attached hydrogen (secondary N) is 2. The zero-order valence-corrected chi connectivity index (χ0v) is 17.1. The van der Waals surface area contributed by atoms with Crippen molar-refractivity contribution < 1.29 is 33.4 Å². The van der Waals surface area contributed by atoms with Gasteiger partial charge in [0.1, 0.15) is 12.1 Å². The van der Waals surface area contributed by atoms with Gasteiger partial charge in [-0.05, 0) is 32.3 Å². The fraction of sp³-hybridized carbons (Fsp3) is 0.526. The molecule has 1 aliphatic rings. The lowest BCUT2D eigenvalue weighted by Crippen LogP contribution is -2.46. The fourth-order valence-corrected chi connectivity index (χ4v) is 3.38. The molecule has 1 aliphatic heterocycles. The number of Topliss-reactive ketones (excluding diaryl/α,β-unsaturated/α-hetero) is 1. The van der Waals surface area contributed by atoms with Gasteiger partial charge in [-0.25, -0.2) is 9.59 Å². The Kier molecular flexibility index (Phi) is 6.45. The maximum atomic E-state index is 12.5. The summed E-state index contributed by atoms with van der Waals surface area (Å²) in [5, 5.41) is 2.61. The SMILES string of the molecule is CCC1(CC)NC(=O)N(CC(=O)OCC(=O)c2[nH]c(C)c(C(=O)OC)c2C)C1=O. The smallest absolute Gasteiger partial charge is 0.339 e. The zero-order valence-electron chi connectivity index (χ0n) is 17.1. The minimum Gasteiger partial charge on any atom is -0.465 e. The van der Waals surface area contributed by atoms with Crippen LogP contribution in [0.1, 0.15) is 58.8 Å². The van der Waals surface area contributed by atoms with Crippen molar-refractivity contribution in [3.8, 4) is 0 Å². The number of hydrogen-bond acceptors (Lipinski definition) is 7. The first kappa shape index (κ1) is 22.1. The van der Waals surface area contributed by atoms with Crippen LogP contribution in [0.3, 0.4) is 0 Å². The number of aromatic amines is 1. The summed E-state index contributed by atoms with van der Waals surface area (Å²) in [5.41, 5.74) is 0.203. The van der Waals surface area contributed by atoms with Gasteiger partial charge in [-0.1, -0.05) is 13.8 Å². The molecule has 158 valence electrons. The number of nitrogens with zero attached hydrogens (tertiary/aromatic N) is 1. The summed E-state index contributed by atoms with van der Waals surface area (Å²) in [4.78, 5) is 64.4. The van der Waals surface area contributed by atoms with Crippen LogP contribution in [-0.4, -0.2) is 65.3 Å². The Balaban J connectivity index is 2.02. The number of ether oxygens (including phenoxy) is 2. The molecule has 0 saturated carbocycles. The first-order chi connectivity index (χ1) is 13.6. The highest BCUT2D eigenvalue weighted by Gasteiger charge is 2.49. The van der Waals surface area contributed by atoms with Crippen LogP contribution < -0.4 is 5.32 Å². The highest BCUT2D eigenvalue weighted by Crippen LogP contribution is 2.24. The number of methoxy groups -OCH3 is 1. The maximum Gasteiger partial charge on any atom is 0.339 e. The summed E-state index contributed by atoms with van der Waals surface area (Å²) in [6, 6.07) is -0.666. The molecule has 10 nitrogen and oxygen atoms in total. The van der Waals surface area contributed by atoms with Crippen molar-refractivity contribution in [2.45, 2.75) is 46.1 Å². The van der Waals surface area contributed by atoms with E-state index in [0.29, 0.717) is 24.1 Å². The number of imide groups is 1. The van der Waals surface area contributed by atoms with E-state index in [9.17, 15) is 24.0 Å². The Labute approximate surface area is 167 Å². The number of esters is 2. The van der Waals surface area contributed by atoms with Crippen LogP contribution in [0.15, 0.2) is 0 Å². The van der Waals surface area contributed by atoms with Gasteiger partial charge in [0.2, 0.25) is 5.78 Å². The highest BCUT2D eigenvalue weighted by atomic mass is 16.5. The van der Waals surface area contributed by atoms with E-state index < -0.39 is 48.4 Å². The van der Waals surface area contributed by atoms with E-state index in [0.717, 1.165) is 4.90 Å². The second-order valence-electron chi connectivity index (χ2n) is 6.81. The minimum atomic E-state index is -1.02. The van der Waals surface area contributed by atoms with Crippen LogP contribution >= 0.6 is 0 Å². The van der Waals surface area contributed by atoms with Crippen molar-refractivity contribution in [3.05, 3.63) is 22.5 Å². The lowest BCUT2D eigenvalue weighted by Gasteiger charge is -2.22. The molecule has 10 heteroatoms. The van der Waals surface area contributed by atoms with Crippen LogP contribution in [0.4, 0.5) is 4.79 Å². The van der Waals surface area contributed by atoms with Gasteiger partial charge in [0.05, 0.1) is 18.4 Å². The van der Waals surface area contributed by atoms with Gasteiger partial charge in [0.15, 0.2) is 6.61 Å². The fourth-order valence-electron chi connectivity index (χ4n) is 3.38. The molecule has 2 heterocycles. The molecular formula is C19H25N3O7. The van der Waals surface area contributed by atoms with E-state index >= 15 is 0 Å². The number of amides is 3. The third kappa shape index (κ3) is 4.01. The molecule has 1 saturated heterocycles. The van der Waals surface area contributed by atoms with Gasteiger partial charge >= 0.3 is 18.0 Å². The number of hydrogen-bond donors (Lipinski definition) is 2. The molecule has 0 radical (unpaired) electrons. The number of urea groups is 1. The average molecular weight is 407 g/mol. The van der Waals surface area contributed by atoms with Crippen LogP contribution in [-0.2, 0) is 19.1 Å². The van der Waals surface area contributed by atoms with Crippen LogP contribution in [0, 0.1) is 13.8 Å². The van der Waals surface area contributed by atoms with Crippen molar-refractivity contribution >= 4 is 29.7 Å². The molecule has 1 fully saturated rings. The van der Waals surface area contributed by atoms with Crippen molar-refractivity contribution in [1.82, 2.24) is 15.2 Å². The quantitative estimate of drug-likeness (QED) is 0.376. The number of carbonyl (C=O) groups excluding carboxylic acids is 5. The van der Waals surface area contributed by atoms with E-state index in [1.807, 2.05) is 0 Å². The molecule has 0 aliphatic carbocycles. The second-order valence-corrected chi connectivity index (χ2v) is 6.81. The molecule has 0 unspecified atom stereocenters. The van der Waals surface area contributed by atoms with Gasteiger partial charge in [-0.15, -0.1) is 0 Å². The number of rotatable bonds is 8. The first-order valence-corrected chi connectivity index (χ1v) is 9.22. The molecule has 3 amide bonds. The minimum absolute atomic E-state index is 0.127. The van der Waals surface area contributed by atoms with Crippen LogP contribution in [0.2, 0.25) is 0 Å². The van der Waals surface area contributed by atoms with E-state index in [4.69, 9.17) is 4.74 Å². The van der Waals surface area contributed by atoms with E-state index in [2.05, 4.69) is 15.0 Å². The third-order valence-corrected chi connectivity index (χ3v) is 5.21. The molecule has 1 aromatic rings. The third-order valence-electron chi connectivity index (χ3n) is 5.21. The Morgan fingerprint density at radius 2 is 1.72 bits per heavy atom. The molecular weight excluding hydrogens is 382 g/mol. The molecule has 0 aromatic carbocycles. The highest BCUT2D eigenvalue weighted by molar-refractivity contribution is 6.09. The number of ketones is 1. The number of aromatic nitrogens is 1. The predicted molar refractivity (Wildman–Crippen MR) is 100 cm³/mol. The van der Waals surface area contributed by atoms with Gasteiger partial charge in [-0.3, -0.25) is 19.3 Å². The lowest BCUT2D eigenvalue weighted by molar-refractivity contribution is -0.146. The molecule has 2 rings (SSSR count). The predicted octanol–water partition coefficient (Wildman–Crippen LogP) is 1.25. The van der Waals surface area contributed by atoms with Gasteiger partial charge in [-0.2, -0.15) is 0 Å². The molecule has 2 N–H and O–H groups in total. The second kappa shape index (κ2) is 8.46. The number of aryl methyl sites for hydroxylation is 1. The summed E-state index contributed by atoms with van der Waals surface area (Å²) in [7, 11) is 1.24. The number of H-pyrrole nitrogens is 1. The molecule has 1 aromatic heterocycles. The molecule has 29 heavy (non-hydrogen) atoms. The lowest BCUT2D eigenvalue weighted by atomic mass is 9.93. The summed E-state index contributed by atoms with van der Waals surface area (Å²) < 4.78 is 9.63. The monoisotopic (exact) mass is 407 g/mol. The summed E-state index contributed by atoms with van der Waals surface area (Å²) in [5.74, 6) is -2.52. The Morgan fingerprint density at radius 1 is 1.10 bits per heavy atom. The summed E-state index contributed by atoms with van der Waals surface area (Å²) in [6.07, 6.45) is 0.790. The topological polar surface area (TPSA) is 135 Å². The molecule has 0 atom stereocenters. The summed E-state index contributed by atoms with van der Waals surface area (Å²) in [6.45, 7) is 5.55. The Morgan fingerprint density at radius 3 is 2.24 bits per heavy atom. The van der Waals surface area contributed by atoms with Crippen molar-refractivity contribution in [1.29, 1.82) is 0 Å². The number of carbonyl (C=O) groups is 5. The van der Waals surface area contributed by atoms with E-state index in [1.165, 1.54) is 7.11 Å². The van der Waals surface area contributed by atoms with Gasteiger partial charge in [0, 0.05) is 5.69 Å². The summed E-state index contributed by atoms with van der Waals surface area (Å²) >= 11 is 0. The largest absolute Gasteiger partial charge is 0.465 e. The molecule has 0 bridgehead atoms. The Hall–Kier alpha value is -3.17. The van der Waals surface area contributed by atoms with Gasteiger partial charge < -0.3 is 19.8 Å². The van der Waals surface area contributed by atoms with Crippen molar-refractivity contribution in [2.75, 3.05) is 20.3 Å². The van der Waals surface area contributed by atoms with E-state index in [1.54, 1.807) is 27.7 Å². The van der Waals surface area contributed by atoms with Crippen molar-refractivity contribution in [2.24, 2.45) is 0 Å². The first-order valence-electron chi connectivity index (χ1n) is 9.22. The van der Waals surface area contributed by atoms with Crippen LogP contribution in [0.25, 0.3) is 0 Å². The van der Waals surface area contributed by atoms with Crippen molar-refractivity contribution in [3.63, 3.8) is 0 Å². The standard InChI is InChI=1S/C19H25N3O7/c1-6-19(7-2)17(26)22(18(27)21-19)8-13(24)29-9-12(23)15-10(3)14(11(4)20-15)16(25)28-5/h20H,6-9H2,1-5H3,(H,21,27). The maximum absolute atomic E-state index is 12.5. The Bertz CT molecular complexity index is 867. The van der Waals surface area contributed by atoms with Gasteiger partial charge in [0.25, 0.3) is 5.91 Å². The van der Waals surface area contributed by atoms with Crippen LogP contribution in [0.5, 0.6) is 0 Å². The van der Waals surface area contributed by atoms with E-state index in [-0.39, 0.29) is 11.3 Å². The zero-order chi connectivity index (χ0) is 21.9.